The molecule has 12 rings (SSSR count). The topological polar surface area (TPSA) is 190 Å². The highest BCUT2D eigenvalue weighted by Crippen LogP contribution is 2.80. The number of benzene rings is 1. The number of epoxide rings is 1. The number of hydrogen-bond acceptors (Lipinski definition) is 10. The Morgan fingerprint density at radius 3 is 2.32 bits per heavy atom. The van der Waals surface area contributed by atoms with E-state index in [1.54, 1.807) is 0 Å². The summed E-state index contributed by atoms with van der Waals surface area (Å²) in [4.78, 5) is 34.6. The van der Waals surface area contributed by atoms with Gasteiger partial charge in [-0.25, -0.2) is 0 Å². The highest BCUT2D eigenvalue weighted by Gasteiger charge is 2.77. The number of hydrogen-bond donors (Lipinski definition) is 7. The first kappa shape index (κ1) is 54.4. The van der Waals surface area contributed by atoms with Crippen LogP contribution in [0.3, 0.4) is 0 Å². The van der Waals surface area contributed by atoms with Gasteiger partial charge in [0.25, 0.3) is 0 Å². The summed E-state index contributed by atoms with van der Waals surface area (Å²) in [5, 5.41) is 65.1. The predicted molar refractivity (Wildman–Crippen MR) is 297 cm³/mol. The molecule has 0 bridgehead atoms. The van der Waals surface area contributed by atoms with Crippen molar-refractivity contribution in [2.45, 2.75) is 224 Å². The number of ketones is 2. The summed E-state index contributed by atoms with van der Waals surface area (Å²) in [7, 11) is 1.95. The molecule has 0 radical (unpaired) electrons. The number of ether oxygens (including phenoxy) is 2. The number of aliphatic hydroxyl groups excluding tert-OH is 4. The molecule has 3 aliphatic heterocycles. The SMILES string of the molecule is CNCCC1(C)C(=O)CC2(CCC(O)C2)C2(C)C1CCC1(C)C2C(O)C2Cn3cc(C(CCO)c4cc(C5CCCCC5)cc(C5(O)CCOCC5)c4)c4[nH]cc(c43)CCC(C)(CC(O)C3OC3(C)C)C3=C2C1(C)CC3=O. The van der Waals surface area contributed by atoms with Gasteiger partial charge in [-0.15, -0.1) is 0 Å². The summed E-state index contributed by atoms with van der Waals surface area (Å²) in [5.74, 6) is -0.240. The van der Waals surface area contributed by atoms with E-state index in [2.05, 4.69) is 80.1 Å². The van der Waals surface area contributed by atoms with Gasteiger partial charge < -0.3 is 49.9 Å². The van der Waals surface area contributed by atoms with Crippen molar-refractivity contribution in [3.8, 4) is 0 Å². The molecule has 0 amide bonds. The molecule has 5 saturated carbocycles. The Hall–Kier alpha value is -3.20. The highest BCUT2D eigenvalue weighted by molar-refractivity contribution is 6.02. The van der Waals surface area contributed by atoms with E-state index < -0.39 is 67.9 Å². The van der Waals surface area contributed by atoms with E-state index in [1.807, 2.05) is 20.9 Å². The predicted octanol–water partition coefficient (Wildman–Crippen LogP) is 9.84. The molecule has 422 valence electrons. The number of aromatic amines is 1. The van der Waals surface area contributed by atoms with E-state index in [0.29, 0.717) is 103 Å². The van der Waals surface area contributed by atoms with Crippen molar-refractivity contribution in [2.75, 3.05) is 33.4 Å². The second-order valence-corrected chi connectivity index (χ2v) is 28.8. The summed E-state index contributed by atoms with van der Waals surface area (Å²) in [5.41, 5.74) is 4.30. The number of aryl methyl sites for hydroxylation is 1. The van der Waals surface area contributed by atoms with Crippen molar-refractivity contribution >= 4 is 22.6 Å². The summed E-state index contributed by atoms with van der Waals surface area (Å²) in [6.45, 7) is 17.7. The van der Waals surface area contributed by atoms with Crippen LogP contribution in [0, 0.1) is 50.2 Å². The van der Waals surface area contributed by atoms with Gasteiger partial charge in [-0.3, -0.25) is 9.59 Å². The van der Waals surface area contributed by atoms with Crippen LogP contribution >= 0.6 is 0 Å². The van der Waals surface area contributed by atoms with Gasteiger partial charge in [0, 0.05) is 98.2 Å². The minimum absolute atomic E-state index is 0.0293. The van der Waals surface area contributed by atoms with E-state index in [-0.39, 0.29) is 42.0 Å². The maximum atomic E-state index is 15.8. The summed E-state index contributed by atoms with van der Waals surface area (Å²) >= 11 is 0. The average Bonchev–Trinajstić information content (AvgIpc) is 3.88. The van der Waals surface area contributed by atoms with Crippen LogP contribution in [-0.2, 0) is 37.6 Å². The van der Waals surface area contributed by atoms with E-state index in [9.17, 15) is 25.5 Å². The molecule has 6 aliphatic carbocycles. The average molecular weight is 1060 g/mol. The van der Waals surface area contributed by atoms with Crippen LogP contribution < -0.4 is 5.32 Å². The van der Waals surface area contributed by atoms with E-state index in [1.165, 1.54) is 24.8 Å². The van der Waals surface area contributed by atoms with Gasteiger partial charge in [0.2, 0.25) is 0 Å². The third-order valence-corrected chi connectivity index (χ3v) is 24.5. The first-order valence-electron chi connectivity index (χ1n) is 30.4. The van der Waals surface area contributed by atoms with Crippen LogP contribution in [0.2, 0.25) is 0 Å². The zero-order valence-electron chi connectivity index (χ0n) is 47.9. The minimum Gasteiger partial charge on any atom is -0.396 e. The zero-order chi connectivity index (χ0) is 54.5. The lowest BCUT2D eigenvalue weighted by atomic mass is 9.30. The van der Waals surface area contributed by atoms with E-state index in [4.69, 9.17) is 9.47 Å². The van der Waals surface area contributed by atoms with Crippen molar-refractivity contribution in [1.29, 1.82) is 0 Å². The van der Waals surface area contributed by atoms with Crippen LogP contribution in [0.5, 0.6) is 0 Å². The molecule has 1 aromatic carbocycles. The van der Waals surface area contributed by atoms with Gasteiger partial charge in [0.15, 0.2) is 5.78 Å². The summed E-state index contributed by atoms with van der Waals surface area (Å²) < 4.78 is 14.3. The Balaban J connectivity index is 1.05. The molecular formula is C65H93N3O9. The molecule has 9 aliphatic rings. The maximum absolute atomic E-state index is 15.8. The van der Waals surface area contributed by atoms with Crippen molar-refractivity contribution in [1.82, 2.24) is 14.9 Å². The number of H-pyrrole nitrogens is 1. The Kier molecular flexibility index (Phi) is 13.4. The quantitative estimate of drug-likeness (QED) is 0.0860. The molecule has 7 N–H and O–H groups in total. The molecule has 12 heteroatoms. The standard InChI is InChI=1S/C65H93N3O9/c1-58(2)57(77-58)48(72)32-59(3)18-14-39-35-67-53-45(44(17-25-69)41-28-40(38-12-10-9-11-13-38)29-42(30-41)65(75)22-26-76-27-23-65)36-68(54(39)53)37-46-51-52(59)47(71)33-62(51,6)61(5)19-16-49-60(4,21-24-66-8)50(73)34-64(20-15-43(70)31-64)63(49,7)56(61)55(46)74/h28-30,35-36,38,43-44,46,48-49,55-57,66-67,69-70,72,74-75H,9-27,31-34,37H2,1-8H3. The Labute approximate surface area is 457 Å². The zero-order valence-corrected chi connectivity index (χ0v) is 47.9. The third-order valence-electron chi connectivity index (χ3n) is 24.5. The van der Waals surface area contributed by atoms with Crippen molar-refractivity contribution < 1.29 is 44.6 Å². The molecule has 2 saturated heterocycles. The van der Waals surface area contributed by atoms with Crippen LogP contribution in [0.25, 0.3) is 11.0 Å². The number of carbonyl (C=O) groups excluding carboxylic acids is 2. The second kappa shape index (κ2) is 18.9. The molecule has 1 spiro atoms. The number of rotatable bonds is 12. The van der Waals surface area contributed by atoms with E-state index >= 15 is 9.59 Å². The van der Waals surface area contributed by atoms with Gasteiger partial charge in [0.05, 0.1) is 40.5 Å². The van der Waals surface area contributed by atoms with Crippen LogP contribution in [0.4, 0.5) is 0 Å². The molecule has 77 heavy (non-hydrogen) atoms. The molecule has 14 atom stereocenters. The van der Waals surface area contributed by atoms with Crippen molar-refractivity contribution in [2.24, 2.45) is 50.2 Å². The maximum Gasteiger partial charge on any atom is 0.160 e. The Bertz CT molecular complexity index is 2830. The number of carbonyl (C=O) groups is 2. The van der Waals surface area contributed by atoms with Crippen LogP contribution in [0.1, 0.15) is 204 Å². The number of nitrogens with one attached hydrogen (secondary N) is 2. The minimum atomic E-state index is -1.01. The number of allylic oxidation sites excluding steroid dienone is 1. The highest BCUT2D eigenvalue weighted by atomic mass is 16.6. The lowest BCUT2D eigenvalue weighted by Gasteiger charge is -2.74. The first-order chi connectivity index (χ1) is 36.5. The second-order valence-electron chi connectivity index (χ2n) is 28.8. The number of aromatic nitrogens is 2. The van der Waals surface area contributed by atoms with Gasteiger partial charge in [-0.1, -0.05) is 72.1 Å². The third kappa shape index (κ3) is 8.06. The first-order valence-corrected chi connectivity index (χ1v) is 30.4. The van der Waals surface area contributed by atoms with Crippen molar-refractivity contribution in [3.63, 3.8) is 0 Å². The molecule has 14 unspecified atom stereocenters. The monoisotopic (exact) mass is 1060 g/mol. The fraction of sp³-hybridized carbons (Fsp3) is 0.754. The van der Waals surface area contributed by atoms with Crippen LogP contribution in [0.15, 0.2) is 41.7 Å². The van der Waals surface area contributed by atoms with Gasteiger partial charge in [-0.05, 0) is 172 Å². The fourth-order valence-corrected chi connectivity index (χ4v) is 20.2. The normalized spacial score (nSPS) is 40.4. The Morgan fingerprint density at radius 1 is 0.909 bits per heavy atom. The summed E-state index contributed by atoms with van der Waals surface area (Å²) in [6.07, 6.45) is 15.7. The van der Waals surface area contributed by atoms with Gasteiger partial charge in [0.1, 0.15) is 11.9 Å². The lowest BCUT2D eigenvalue weighted by molar-refractivity contribution is -0.262. The van der Waals surface area contributed by atoms with E-state index in [0.717, 1.165) is 76.5 Å². The summed E-state index contributed by atoms with van der Waals surface area (Å²) in [6, 6.07) is 6.86. The van der Waals surface area contributed by atoms with Crippen LogP contribution in [-0.4, -0.2) is 110 Å². The lowest BCUT2D eigenvalue weighted by Crippen LogP contribution is -2.72. The number of aliphatic hydroxyl groups is 5. The molecule has 5 heterocycles. The molecular weight excluding hydrogens is 967 g/mol. The molecule has 3 aromatic rings. The molecule has 7 fully saturated rings. The molecule has 12 nitrogen and oxygen atoms in total. The number of fused-ring (bicyclic) bond motifs is 5. The van der Waals surface area contributed by atoms with Gasteiger partial charge in [-0.2, -0.15) is 0 Å². The smallest absolute Gasteiger partial charge is 0.160 e. The Morgan fingerprint density at radius 2 is 1.65 bits per heavy atom. The number of nitrogens with zero attached hydrogens (tertiary/aromatic N) is 1. The number of Topliss-reactive ketones (excluding diaryl/α,β-unsaturated/α-hetero) is 2. The fourth-order valence-electron chi connectivity index (χ4n) is 20.2. The van der Waals surface area contributed by atoms with Gasteiger partial charge >= 0.3 is 0 Å². The van der Waals surface area contributed by atoms with Crippen molar-refractivity contribution in [3.05, 3.63) is 69.6 Å². The largest absolute Gasteiger partial charge is 0.396 e. The molecule has 2 aromatic heterocycles.